The molecule has 0 atom stereocenters. The van der Waals surface area contributed by atoms with Gasteiger partial charge in [-0.3, -0.25) is 4.68 Å². The molecule has 0 spiro atoms. The Kier molecular flexibility index (Phi) is 4.31. The smallest absolute Gasteiger partial charge is 0.166 e. The van der Waals surface area contributed by atoms with Crippen molar-refractivity contribution in [2.45, 2.75) is 24.8 Å². The predicted octanol–water partition coefficient (Wildman–Crippen LogP) is 3.95. The Hall–Kier alpha value is -1.66. The second kappa shape index (κ2) is 6.22. The Morgan fingerprint density at radius 2 is 2.23 bits per heavy atom. The molecule has 5 nitrogen and oxygen atoms in total. The van der Waals surface area contributed by atoms with Crippen LogP contribution in [0.2, 0.25) is 5.15 Å². The van der Waals surface area contributed by atoms with E-state index in [4.69, 9.17) is 16.3 Å². The number of ether oxygens (including phenoxy) is 1. The second-order valence-electron chi connectivity index (χ2n) is 4.92. The fraction of sp³-hybridized carbons (Fsp3) is 0.333. The first kappa shape index (κ1) is 15.2. The third-order valence-corrected chi connectivity index (χ3v) is 4.74. The molecule has 116 valence electrons. The maximum absolute atomic E-state index is 6.25. The van der Waals surface area contributed by atoms with Gasteiger partial charge in [0, 0.05) is 24.4 Å². The lowest BCUT2D eigenvalue weighted by atomic mass is 10.3. The van der Waals surface area contributed by atoms with E-state index in [-0.39, 0.29) is 0 Å². The van der Waals surface area contributed by atoms with E-state index in [2.05, 4.69) is 15.1 Å². The highest BCUT2D eigenvalue weighted by molar-refractivity contribution is 7.98. The van der Waals surface area contributed by atoms with E-state index in [1.807, 2.05) is 39.1 Å². The van der Waals surface area contributed by atoms with Crippen molar-refractivity contribution in [3.63, 3.8) is 0 Å². The zero-order valence-electron chi connectivity index (χ0n) is 12.7. The number of aryl methyl sites for hydroxylation is 2. The first-order valence-electron chi connectivity index (χ1n) is 7.01. The van der Waals surface area contributed by atoms with Crippen LogP contribution in [0.4, 0.5) is 0 Å². The van der Waals surface area contributed by atoms with Crippen molar-refractivity contribution in [2.24, 2.45) is 7.05 Å². The van der Waals surface area contributed by atoms with Crippen LogP contribution in [0, 0.1) is 6.92 Å². The number of H-pyrrole nitrogens is 1. The molecule has 0 aliphatic heterocycles. The third kappa shape index (κ3) is 2.94. The highest BCUT2D eigenvalue weighted by atomic mass is 35.5. The number of thioether (sulfide) groups is 1. The van der Waals surface area contributed by atoms with Crippen LogP contribution in [0.5, 0.6) is 5.75 Å². The van der Waals surface area contributed by atoms with Crippen LogP contribution >= 0.6 is 23.4 Å². The van der Waals surface area contributed by atoms with Gasteiger partial charge in [-0.2, -0.15) is 5.10 Å². The van der Waals surface area contributed by atoms with E-state index >= 15 is 0 Å². The summed E-state index contributed by atoms with van der Waals surface area (Å²) in [4.78, 5) is 7.89. The number of hydrogen-bond donors (Lipinski definition) is 1. The molecule has 0 fully saturated rings. The van der Waals surface area contributed by atoms with Crippen molar-refractivity contribution in [3.05, 3.63) is 34.6 Å². The van der Waals surface area contributed by atoms with E-state index in [9.17, 15) is 0 Å². The largest absolute Gasteiger partial charge is 0.494 e. The number of aromatic nitrogens is 4. The molecule has 7 heteroatoms. The first-order valence-corrected chi connectivity index (χ1v) is 8.38. The number of benzene rings is 1. The Balaban J connectivity index is 1.79. The summed E-state index contributed by atoms with van der Waals surface area (Å²) < 4.78 is 7.20. The Bertz CT molecular complexity index is 811. The molecule has 0 bridgehead atoms. The van der Waals surface area contributed by atoms with Crippen molar-refractivity contribution in [3.8, 4) is 5.75 Å². The maximum atomic E-state index is 6.25. The lowest BCUT2D eigenvalue weighted by molar-refractivity contribution is 0.340. The molecule has 0 unspecified atom stereocenters. The summed E-state index contributed by atoms with van der Waals surface area (Å²) in [5, 5.41) is 5.87. The standard InChI is InChI=1S/C15H17ClN4OS/c1-4-21-10-5-6-12-13(7-10)18-15(17-12)22-8-11-9(2)19-20(3)14(11)16/h5-7H,4,8H2,1-3H3,(H,17,18). The molecule has 3 aromatic rings. The van der Waals surface area contributed by atoms with Crippen LogP contribution in [0.3, 0.4) is 0 Å². The van der Waals surface area contributed by atoms with E-state index in [1.165, 1.54) is 0 Å². The number of hydrogen-bond acceptors (Lipinski definition) is 4. The van der Waals surface area contributed by atoms with Crippen LogP contribution in [0.25, 0.3) is 11.0 Å². The van der Waals surface area contributed by atoms with E-state index < -0.39 is 0 Å². The van der Waals surface area contributed by atoms with Gasteiger partial charge in [-0.1, -0.05) is 23.4 Å². The van der Waals surface area contributed by atoms with Crippen molar-refractivity contribution in [2.75, 3.05) is 6.61 Å². The highest BCUT2D eigenvalue weighted by Gasteiger charge is 2.13. The van der Waals surface area contributed by atoms with Crippen molar-refractivity contribution in [1.29, 1.82) is 0 Å². The molecule has 0 aliphatic carbocycles. The number of fused-ring (bicyclic) bond motifs is 1. The van der Waals surface area contributed by atoms with Gasteiger partial charge in [0.05, 0.1) is 23.3 Å². The Morgan fingerprint density at radius 3 is 2.91 bits per heavy atom. The molecule has 1 N–H and O–H groups in total. The van der Waals surface area contributed by atoms with Gasteiger partial charge in [-0.15, -0.1) is 0 Å². The summed E-state index contributed by atoms with van der Waals surface area (Å²) >= 11 is 7.87. The normalized spacial score (nSPS) is 11.3. The van der Waals surface area contributed by atoms with Crippen LogP contribution in [-0.4, -0.2) is 26.4 Å². The van der Waals surface area contributed by atoms with Crippen LogP contribution in [0.15, 0.2) is 23.4 Å². The van der Waals surface area contributed by atoms with Crippen LogP contribution < -0.4 is 4.74 Å². The van der Waals surface area contributed by atoms with E-state index in [0.29, 0.717) is 11.8 Å². The fourth-order valence-corrected chi connectivity index (χ4v) is 3.56. The molecule has 2 heterocycles. The highest BCUT2D eigenvalue weighted by Crippen LogP contribution is 2.29. The van der Waals surface area contributed by atoms with Gasteiger partial charge in [0.1, 0.15) is 10.9 Å². The topological polar surface area (TPSA) is 55.7 Å². The molecule has 2 aromatic heterocycles. The number of nitrogens with one attached hydrogen (secondary N) is 1. The number of aromatic amines is 1. The summed E-state index contributed by atoms with van der Waals surface area (Å²) in [6.45, 7) is 4.59. The number of rotatable bonds is 5. The summed E-state index contributed by atoms with van der Waals surface area (Å²) in [7, 11) is 1.85. The Labute approximate surface area is 138 Å². The lowest BCUT2D eigenvalue weighted by Gasteiger charge is -2.00. The molecule has 0 saturated heterocycles. The average molecular weight is 337 g/mol. The summed E-state index contributed by atoms with van der Waals surface area (Å²) in [6, 6.07) is 5.87. The van der Waals surface area contributed by atoms with Gasteiger partial charge >= 0.3 is 0 Å². The van der Waals surface area contributed by atoms with Crippen LogP contribution in [0.1, 0.15) is 18.2 Å². The van der Waals surface area contributed by atoms with Gasteiger partial charge in [0.2, 0.25) is 0 Å². The fourth-order valence-electron chi connectivity index (χ4n) is 2.27. The zero-order valence-corrected chi connectivity index (χ0v) is 14.3. The third-order valence-electron chi connectivity index (χ3n) is 3.37. The monoisotopic (exact) mass is 336 g/mol. The van der Waals surface area contributed by atoms with Gasteiger partial charge in [0.25, 0.3) is 0 Å². The predicted molar refractivity (Wildman–Crippen MR) is 89.8 cm³/mol. The molecule has 1 aromatic carbocycles. The first-order chi connectivity index (χ1) is 10.6. The van der Waals surface area contributed by atoms with E-state index in [0.717, 1.165) is 38.9 Å². The lowest BCUT2D eigenvalue weighted by Crippen LogP contribution is -1.90. The molecule has 0 aliphatic rings. The summed E-state index contributed by atoms with van der Waals surface area (Å²) in [6.07, 6.45) is 0. The van der Waals surface area contributed by atoms with Crippen molar-refractivity contribution >= 4 is 34.4 Å². The molecule has 0 amide bonds. The average Bonchev–Trinajstić information content (AvgIpc) is 2.99. The Morgan fingerprint density at radius 1 is 1.41 bits per heavy atom. The molecule has 22 heavy (non-hydrogen) atoms. The molecule has 0 saturated carbocycles. The van der Waals surface area contributed by atoms with Gasteiger partial charge in [-0.25, -0.2) is 4.98 Å². The quantitative estimate of drug-likeness (QED) is 0.717. The number of imidazole rings is 1. The summed E-state index contributed by atoms with van der Waals surface area (Å²) in [5.74, 6) is 1.58. The number of halogens is 1. The van der Waals surface area contributed by atoms with E-state index in [1.54, 1.807) is 16.4 Å². The minimum Gasteiger partial charge on any atom is -0.494 e. The number of nitrogens with zero attached hydrogens (tertiary/aromatic N) is 3. The van der Waals surface area contributed by atoms with Gasteiger partial charge < -0.3 is 9.72 Å². The molecule has 0 radical (unpaired) electrons. The van der Waals surface area contributed by atoms with Crippen molar-refractivity contribution < 1.29 is 4.74 Å². The van der Waals surface area contributed by atoms with Gasteiger partial charge in [-0.05, 0) is 26.0 Å². The molecular weight excluding hydrogens is 320 g/mol. The van der Waals surface area contributed by atoms with Crippen LogP contribution in [-0.2, 0) is 12.8 Å². The minimum atomic E-state index is 0.653. The zero-order chi connectivity index (χ0) is 15.7. The maximum Gasteiger partial charge on any atom is 0.166 e. The van der Waals surface area contributed by atoms with Gasteiger partial charge in [0.15, 0.2) is 5.16 Å². The summed E-state index contributed by atoms with van der Waals surface area (Å²) in [5.41, 5.74) is 3.90. The second-order valence-corrected chi connectivity index (χ2v) is 6.24. The molecule has 3 rings (SSSR count). The SMILES string of the molecule is CCOc1ccc2nc(SCc3c(C)nn(C)c3Cl)[nH]c2c1. The minimum absolute atomic E-state index is 0.653. The molecular formula is C15H17ClN4OS. The van der Waals surface area contributed by atoms with Crippen molar-refractivity contribution in [1.82, 2.24) is 19.7 Å².